The predicted molar refractivity (Wildman–Crippen MR) is 177 cm³/mol. The first-order chi connectivity index (χ1) is 25.3. The van der Waals surface area contributed by atoms with E-state index in [4.69, 9.17) is 9.60 Å². The molecule has 0 saturated carbocycles. The van der Waals surface area contributed by atoms with Gasteiger partial charge in [0.2, 0.25) is 0 Å². The molecule has 2 nitrogen and oxygen atoms in total. The van der Waals surface area contributed by atoms with E-state index in [-0.39, 0.29) is 56.1 Å². The van der Waals surface area contributed by atoms with Crippen LogP contribution < -0.4 is 0 Å². The highest BCUT2D eigenvalue weighted by Crippen LogP contribution is 2.45. The Bertz CT molecular complexity index is 2710. The van der Waals surface area contributed by atoms with Gasteiger partial charge in [0, 0.05) is 9.68 Å². The van der Waals surface area contributed by atoms with Crippen molar-refractivity contribution in [1.29, 1.82) is 0 Å². The summed E-state index contributed by atoms with van der Waals surface area (Å²) in [6.07, 6.45) is 0. The predicted octanol–water partition coefficient (Wildman–Crippen LogP) is 10.6. The lowest BCUT2D eigenvalue weighted by molar-refractivity contribution is 1.00. The van der Waals surface area contributed by atoms with Crippen LogP contribution in [0.1, 0.15) is 20.9 Å². The summed E-state index contributed by atoms with van der Waals surface area (Å²) >= 11 is 0. The molecule has 0 aliphatic carbocycles. The highest BCUT2D eigenvalue weighted by Gasteiger charge is 2.20. The second kappa shape index (κ2) is 9.87. The third-order valence-electron chi connectivity index (χ3n) is 7.63. The normalized spacial score (nSPS) is 15.5. The lowest BCUT2D eigenvalue weighted by atomic mass is 9.85. The van der Waals surface area contributed by atoms with Gasteiger partial charge in [0.1, 0.15) is 5.82 Å². The van der Waals surface area contributed by atoms with E-state index in [0.717, 1.165) is 11.1 Å². The molecule has 1 heterocycles. The maximum atomic E-state index is 9.34. The summed E-state index contributed by atoms with van der Waals surface area (Å²) in [7, 11) is 0. The van der Waals surface area contributed by atoms with Crippen LogP contribution in [0.25, 0.3) is 71.6 Å². The summed E-state index contributed by atoms with van der Waals surface area (Å²) in [4.78, 5) is 4.47. The van der Waals surface area contributed by atoms with E-state index in [1.54, 1.807) is 60.7 Å². The molecular formula is C40H28N2. The highest BCUT2D eigenvalue weighted by atomic mass is 15.1. The minimum Gasteiger partial charge on any atom is -0.296 e. The molecule has 0 bridgehead atoms. The molecule has 42 heavy (non-hydrogen) atoms. The minimum absolute atomic E-state index is 0.0305. The van der Waals surface area contributed by atoms with Gasteiger partial charge in [-0.1, -0.05) is 133 Å². The maximum absolute atomic E-state index is 9.34. The zero-order valence-electron chi connectivity index (χ0n) is 33.2. The van der Waals surface area contributed by atoms with E-state index >= 15 is 0 Å². The Morgan fingerprint density at radius 2 is 1.10 bits per heavy atom. The van der Waals surface area contributed by atoms with Gasteiger partial charge in [-0.2, -0.15) is 0 Å². The smallest absolute Gasteiger partial charge is 0.111 e. The van der Waals surface area contributed by atoms with Crippen LogP contribution in [-0.4, -0.2) is 9.55 Å². The first-order valence-corrected chi connectivity index (χ1v) is 13.5. The summed E-state index contributed by atoms with van der Waals surface area (Å²) < 4.78 is 99.0. The van der Waals surface area contributed by atoms with E-state index in [0.29, 0.717) is 22.3 Å². The van der Waals surface area contributed by atoms with E-state index in [1.807, 2.05) is 42.5 Å². The molecule has 7 aromatic carbocycles. The van der Waals surface area contributed by atoms with Crippen molar-refractivity contribution in [2.24, 2.45) is 0 Å². The maximum Gasteiger partial charge on any atom is 0.111 e. The second-order valence-electron chi connectivity index (χ2n) is 9.97. The van der Waals surface area contributed by atoms with Gasteiger partial charge in [-0.3, -0.25) is 4.57 Å². The lowest BCUT2D eigenvalue weighted by Gasteiger charge is -2.20. The van der Waals surface area contributed by atoms with E-state index in [9.17, 15) is 5.48 Å². The van der Waals surface area contributed by atoms with Crippen LogP contribution in [0.2, 0.25) is 0 Å². The number of aryl methyl sites for hydroxylation is 1. The van der Waals surface area contributed by atoms with Crippen LogP contribution >= 0.6 is 0 Å². The summed E-state index contributed by atoms with van der Waals surface area (Å²) in [5, 5.41) is 0.195. The van der Waals surface area contributed by atoms with Crippen LogP contribution in [0.15, 0.2) is 151 Å². The topological polar surface area (TPSA) is 17.8 Å². The average Bonchev–Trinajstić information content (AvgIpc) is 3.57. The molecule has 1 aromatic heterocycles. The Balaban J connectivity index is 1.60. The van der Waals surface area contributed by atoms with Crippen molar-refractivity contribution in [1.82, 2.24) is 9.55 Å². The fourth-order valence-corrected chi connectivity index (χ4v) is 5.79. The molecule has 0 saturated heterocycles. The summed E-state index contributed by atoms with van der Waals surface area (Å²) in [5.41, 5.74) is 4.14. The molecule has 2 heteroatoms. The standard InChI is InChI=1S/C40H28N2/c1-27-41-36-20-10-12-22-38(36)42(27)37-21-11-9-19-35(37)40-33-17-7-5-15-31(33)39(32-16-6-8-18-34(32)40)30-25-23-29(24-26-30)28-13-3-2-4-14-28/h2-26H,1H3/i1D3,5D,6D,7D,8D,15D,16D,17D,18D. The molecule has 0 aliphatic heterocycles. The third-order valence-corrected chi connectivity index (χ3v) is 7.63. The second-order valence-corrected chi connectivity index (χ2v) is 9.97. The molecule has 8 aromatic rings. The van der Waals surface area contributed by atoms with Gasteiger partial charge in [0.05, 0.1) is 27.7 Å². The third kappa shape index (κ3) is 3.84. The lowest BCUT2D eigenvalue weighted by Crippen LogP contribution is -2.00. The van der Waals surface area contributed by atoms with Gasteiger partial charge >= 0.3 is 0 Å². The molecule has 0 amide bonds. The van der Waals surface area contributed by atoms with Gasteiger partial charge in [0.25, 0.3) is 0 Å². The molecule has 0 N–H and O–H groups in total. The van der Waals surface area contributed by atoms with Crippen molar-refractivity contribution < 1.29 is 15.1 Å². The van der Waals surface area contributed by atoms with Gasteiger partial charge in [-0.25, -0.2) is 4.98 Å². The first kappa shape index (κ1) is 15.5. The molecular weight excluding hydrogens is 508 g/mol. The first-order valence-electron chi connectivity index (χ1n) is 19.0. The largest absolute Gasteiger partial charge is 0.296 e. The number of rotatable bonds is 4. The SMILES string of the molecule is [2H]c1c([2H])c([2H])c2c(-c3ccccc3-n3c(C([2H])([2H])[2H])nc4ccccc43)c3c([2H])c([2H])c([2H])c([2H])c3c(-c3ccc(-c4ccccc4)cc3)c2c1[2H]. The quantitative estimate of drug-likeness (QED) is 0.200. The Morgan fingerprint density at radius 1 is 0.548 bits per heavy atom. The van der Waals surface area contributed by atoms with Crippen LogP contribution in [0.4, 0.5) is 0 Å². The average molecular weight is 548 g/mol. The molecule has 0 fully saturated rings. The summed E-state index contributed by atoms with van der Waals surface area (Å²) in [6.45, 7) is -2.67. The van der Waals surface area contributed by atoms with Crippen molar-refractivity contribution in [3.05, 3.63) is 157 Å². The van der Waals surface area contributed by atoms with Crippen LogP contribution in [-0.2, 0) is 0 Å². The van der Waals surface area contributed by atoms with Crippen LogP contribution in [0.5, 0.6) is 0 Å². The summed E-state index contributed by atoms with van der Waals surface area (Å²) in [6, 6.07) is 27.0. The molecule has 0 aliphatic rings. The Hall–Kier alpha value is -5.47. The molecule has 0 spiro atoms. The van der Waals surface area contributed by atoms with Crippen molar-refractivity contribution in [3.8, 4) is 39.1 Å². The van der Waals surface area contributed by atoms with Gasteiger partial charge in [-0.05, 0) is 74.4 Å². The Morgan fingerprint density at radius 3 is 1.79 bits per heavy atom. The minimum atomic E-state index is -2.67. The number of nitrogens with zero attached hydrogens (tertiary/aromatic N) is 2. The Kier molecular flexibility index (Phi) is 3.64. The number of para-hydroxylation sites is 3. The van der Waals surface area contributed by atoms with Gasteiger partial charge in [-0.15, -0.1) is 0 Å². The van der Waals surface area contributed by atoms with Crippen LogP contribution in [0, 0.1) is 6.85 Å². The number of hydrogen-bond acceptors (Lipinski definition) is 1. The molecule has 198 valence electrons. The number of fused-ring (bicyclic) bond motifs is 3. The van der Waals surface area contributed by atoms with E-state index in [1.165, 1.54) is 4.57 Å². The Labute approximate surface area is 260 Å². The van der Waals surface area contributed by atoms with Crippen molar-refractivity contribution >= 4 is 32.6 Å². The summed E-state index contributed by atoms with van der Waals surface area (Å²) in [5.74, 6) is -0.237. The van der Waals surface area contributed by atoms with Gasteiger partial charge in [0.15, 0.2) is 0 Å². The van der Waals surface area contributed by atoms with Gasteiger partial charge < -0.3 is 0 Å². The number of aromatic nitrogens is 2. The zero-order chi connectivity index (χ0) is 37.5. The molecule has 0 atom stereocenters. The van der Waals surface area contributed by atoms with Crippen LogP contribution in [0.3, 0.4) is 0 Å². The van der Waals surface area contributed by atoms with Crippen molar-refractivity contribution in [3.63, 3.8) is 0 Å². The van der Waals surface area contributed by atoms with Crippen molar-refractivity contribution in [2.45, 2.75) is 6.85 Å². The fraction of sp³-hybridized carbons (Fsp3) is 0.0250. The fourth-order valence-electron chi connectivity index (χ4n) is 5.79. The molecule has 0 radical (unpaired) electrons. The van der Waals surface area contributed by atoms with E-state index < -0.39 is 43.1 Å². The van der Waals surface area contributed by atoms with Crippen molar-refractivity contribution in [2.75, 3.05) is 0 Å². The van der Waals surface area contributed by atoms with E-state index in [2.05, 4.69) is 4.98 Å². The monoisotopic (exact) mass is 547 g/mol. The zero-order valence-corrected chi connectivity index (χ0v) is 22.2. The number of benzene rings is 7. The number of hydrogen-bond donors (Lipinski definition) is 0. The highest BCUT2D eigenvalue weighted by molar-refractivity contribution is 6.22. The molecule has 0 unspecified atom stereocenters. The number of imidazole rings is 1. The molecule has 8 rings (SSSR count).